The molecular formula is C11H13BF2N2O4. The van der Waals surface area contributed by atoms with Crippen LogP contribution in [0.5, 0.6) is 11.6 Å². The van der Waals surface area contributed by atoms with Crippen molar-refractivity contribution in [3.63, 3.8) is 0 Å². The molecule has 0 bridgehead atoms. The van der Waals surface area contributed by atoms with Crippen molar-refractivity contribution in [2.75, 3.05) is 6.61 Å². The number of nitriles is 1. The summed E-state index contributed by atoms with van der Waals surface area (Å²) in [5.41, 5.74) is -0.972. The van der Waals surface area contributed by atoms with E-state index in [0.29, 0.717) is 0 Å². The van der Waals surface area contributed by atoms with Gasteiger partial charge in [0.25, 0.3) is 0 Å². The predicted molar refractivity (Wildman–Crippen MR) is 65.6 cm³/mol. The lowest BCUT2D eigenvalue weighted by Crippen LogP contribution is -2.33. The Bertz CT molecular complexity index is 506. The Balaban J connectivity index is 2.94. The van der Waals surface area contributed by atoms with E-state index in [0.717, 1.165) is 12.3 Å². The third-order valence-electron chi connectivity index (χ3n) is 2.25. The van der Waals surface area contributed by atoms with Crippen LogP contribution in [-0.4, -0.2) is 35.4 Å². The van der Waals surface area contributed by atoms with E-state index < -0.39 is 25.0 Å². The minimum Gasteiger partial charge on any atom is -0.491 e. The summed E-state index contributed by atoms with van der Waals surface area (Å²) in [7, 11) is -1.95. The fourth-order valence-electron chi connectivity index (χ4n) is 1.21. The third-order valence-corrected chi connectivity index (χ3v) is 2.25. The zero-order chi connectivity index (χ0) is 15.3. The highest BCUT2D eigenvalue weighted by atomic mass is 19.3. The van der Waals surface area contributed by atoms with Crippen molar-refractivity contribution in [2.24, 2.45) is 5.41 Å². The lowest BCUT2D eigenvalue weighted by atomic mass is 9.80. The number of rotatable bonds is 6. The number of pyridine rings is 1. The van der Waals surface area contributed by atoms with Crippen molar-refractivity contribution in [2.45, 2.75) is 20.5 Å². The molecule has 0 unspecified atom stereocenters. The van der Waals surface area contributed by atoms with Gasteiger partial charge in [0.2, 0.25) is 5.88 Å². The highest BCUT2D eigenvalue weighted by Crippen LogP contribution is 2.18. The summed E-state index contributed by atoms with van der Waals surface area (Å²) in [6, 6.07) is 2.94. The summed E-state index contributed by atoms with van der Waals surface area (Å²) < 4.78 is 33.4. The molecule has 6 nitrogen and oxygen atoms in total. The van der Waals surface area contributed by atoms with Gasteiger partial charge in [0.15, 0.2) is 0 Å². The third kappa shape index (κ3) is 4.64. The topological polar surface area (TPSA) is 95.6 Å². The highest BCUT2D eigenvalue weighted by Gasteiger charge is 2.23. The number of alkyl halides is 2. The average Bonchev–Trinajstić information content (AvgIpc) is 2.36. The number of hydrogen-bond donors (Lipinski definition) is 2. The van der Waals surface area contributed by atoms with E-state index >= 15 is 0 Å². The largest absolute Gasteiger partial charge is 0.492 e. The van der Waals surface area contributed by atoms with Gasteiger partial charge in [0, 0.05) is 11.5 Å². The summed E-state index contributed by atoms with van der Waals surface area (Å²) in [6.45, 7) is 0.156. The standard InChI is InChI=1S/C11H13BF2N2O4/c1-11(2,5-15)6-19-8-4-16-9(20-10(13)14)3-7(8)12(17)18/h3-4,10,17-18H,6H2,1-2H3. The van der Waals surface area contributed by atoms with Gasteiger partial charge in [0.05, 0.1) is 17.7 Å². The Morgan fingerprint density at radius 1 is 1.50 bits per heavy atom. The maximum absolute atomic E-state index is 12.0. The van der Waals surface area contributed by atoms with Gasteiger partial charge in [-0.25, -0.2) is 4.98 Å². The van der Waals surface area contributed by atoms with Gasteiger partial charge in [0.1, 0.15) is 12.4 Å². The minimum absolute atomic E-state index is 0.0232. The van der Waals surface area contributed by atoms with Gasteiger partial charge in [-0.05, 0) is 13.8 Å². The summed E-state index contributed by atoms with van der Waals surface area (Å²) in [6.07, 6.45) is 1.03. The van der Waals surface area contributed by atoms with Gasteiger partial charge >= 0.3 is 13.7 Å². The maximum Gasteiger partial charge on any atom is 0.492 e. The molecule has 0 radical (unpaired) electrons. The van der Waals surface area contributed by atoms with Gasteiger partial charge in [-0.1, -0.05) is 0 Å². The SMILES string of the molecule is CC(C)(C#N)COc1cnc(OC(F)F)cc1B(O)O. The molecule has 108 valence electrons. The lowest BCUT2D eigenvalue weighted by molar-refractivity contribution is -0.0528. The van der Waals surface area contributed by atoms with Crippen LogP contribution in [0.1, 0.15) is 13.8 Å². The molecule has 1 aromatic rings. The molecule has 0 aliphatic rings. The summed E-state index contributed by atoms with van der Waals surface area (Å²) >= 11 is 0. The molecule has 0 aliphatic carbocycles. The van der Waals surface area contributed by atoms with Gasteiger partial charge < -0.3 is 19.5 Å². The van der Waals surface area contributed by atoms with Crippen molar-refractivity contribution in [1.29, 1.82) is 5.26 Å². The molecule has 9 heteroatoms. The molecule has 0 aromatic carbocycles. The van der Waals surface area contributed by atoms with Gasteiger partial charge in [-0.3, -0.25) is 0 Å². The van der Waals surface area contributed by atoms with Crippen LogP contribution in [0.3, 0.4) is 0 Å². The van der Waals surface area contributed by atoms with E-state index in [1.54, 1.807) is 13.8 Å². The quantitative estimate of drug-likeness (QED) is 0.730. The van der Waals surface area contributed by atoms with Crippen LogP contribution in [-0.2, 0) is 0 Å². The van der Waals surface area contributed by atoms with Crippen LogP contribution in [0.2, 0.25) is 0 Å². The Hall–Kier alpha value is -1.92. The smallest absolute Gasteiger partial charge is 0.491 e. The van der Waals surface area contributed by atoms with Crippen molar-refractivity contribution < 1.29 is 28.3 Å². The number of halogens is 2. The molecular weight excluding hydrogens is 273 g/mol. The fraction of sp³-hybridized carbons (Fsp3) is 0.455. The number of aromatic nitrogens is 1. The number of ether oxygens (including phenoxy) is 2. The molecule has 0 aliphatic heterocycles. The second-order valence-corrected chi connectivity index (χ2v) is 4.60. The fourth-order valence-corrected chi connectivity index (χ4v) is 1.21. The number of hydrogen-bond acceptors (Lipinski definition) is 6. The van der Waals surface area contributed by atoms with Crippen molar-refractivity contribution >= 4 is 12.6 Å². The molecule has 0 saturated carbocycles. The molecule has 0 spiro atoms. The molecule has 0 fully saturated rings. The Kier molecular flexibility index (Phi) is 5.24. The van der Waals surface area contributed by atoms with Crippen molar-refractivity contribution in [3.8, 4) is 17.7 Å². The molecule has 0 amide bonds. The number of nitrogens with zero attached hydrogens (tertiary/aromatic N) is 2. The van der Waals surface area contributed by atoms with Crippen molar-refractivity contribution in [1.82, 2.24) is 4.98 Å². The van der Waals surface area contributed by atoms with Crippen LogP contribution in [0, 0.1) is 16.7 Å². The van der Waals surface area contributed by atoms with E-state index in [4.69, 9.17) is 10.00 Å². The first kappa shape index (κ1) is 16.1. The Labute approximate surface area is 114 Å². The Morgan fingerprint density at radius 3 is 2.65 bits per heavy atom. The summed E-state index contributed by atoms with van der Waals surface area (Å²) in [4.78, 5) is 3.56. The average molecular weight is 286 g/mol. The molecule has 2 N–H and O–H groups in total. The lowest BCUT2D eigenvalue weighted by Gasteiger charge is -2.18. The van der Waals surface area contributed by atoms with Gasteiger partial charge in [-0.15, -0.1) is 0 Å². The maximum atomic E-state index is 12.0. The molecule has 1 rings (SSSR count). The first-order chi connectivity index (χ1) is 9.25. The second-order valence-electron chi connectivity index (χ2n) is 4.60. The monoisotopic (exact) mass is 286 g/mol. The highest BCUT2D eigenvalue weighted by molar-refractivity contribution is 6.59. The van der Waals surface area contributed by atoms with Crippen LogP contribution in [0.25, 0.3) is 0 Å². The van der Waals surface area contributed by atoms with Crippen molar-refractivity contribution in [3.05, 3.63) is 12.3 Å². The van der Waals surface area contributed by atoms with E-state index in [1.807, 2.05) is 6.07 Å². The zero-order valence-electron chi connectivity index (χ0n) is 10.9. The summed E-state index contributed by atoms with van der Waals surface area (Å²) in [5.74, 6) is -0.486. The minimum atomic E-state index is -3.07. The van der Waals surface area contributed by atoms with Crippen LogP contribution < -0.4 is 14.9 Å². The van der Waals surface area contributed by atoms with E-state index in [9.17, 15) is 18.8 Å². The zero-order valence-corrected chi connectivity index (χ0v) is 10.9. The summed E-state index contributed by atoms with van der Waals surface area (Å²) in [5, 5.41) is 27.2. The molecule has 0 saturated heterocycles. The molecule has 20 heavy (non-hydrogen) atoms. The normalized spacial score (nSPS) is 11.1. The van der Waals surface area contributed by atoms with E-state index in [-0.39, 0.29) is 17.8 Å². The Morgan fingerprint density at radius 2 is 2.15 bits per heavy atom. The molecule has 0 atom stereocenters. The van der Waals surface area contributed by atoms with E-state index in [2.05, 4.69) is 9.72 Å². The first-order valence-corrected chi connectivity index (χ1v) is 5.60. The van der Waals surface area contributed by atoms with Crippen LogP contribution >= 0.6 is 0 Å². The molecule has 1 aromatic heterocycles. The van der Waals surface area contributed by atoms with Crippen LogP contribution in [0.4, 0.5) is 8.78 Å². The molecule has 1 heterocycles. The van der Waals surface area contributed by atoms with Crippen LogP contribution in [0.15, 0.2) is 12.3 Å². The van der Waals surface area contributed by atoms with E-state index in [1.165, 1.54) is 0 Å². The second kappa shape index (κ2) is 6.50. The first-order valence-electron chi connectivity index (χ1n) is 5.60. The van der Waals surface area contributed by atoms with Gasteiger partial charge in [-0.2, -0.15) is 14.0 Å². The predicted octanol–water partition coefficient (Wildman–Crippen LogP) is 0.291.